The monoisotopic (exact) mass is 631 g/mol. The van der Waals surface area contributed by atoms with Crippen LogP contribution in [0.25, 0.3) is 0 Å². The maximum atomic E-state index is 12.5. The Bertz CT molecular complexity index is 757. The summed E-state index contributed by atoms with van der Waals surface area (Å²) < 4.78 is 32.4. The highest BCUT2D eigenvalue weighted by Crippen LogP contribution is 2.15. The first kappa shape index (κ1) is 42.0. The average molecular weight is 632 g/mol. The number of carbonyl (C=O) groups excluding carboxylic acids is 1. The van der Waals surface area contributed by atoms with Crippen molar-refractivity contribution in [2.45, 2.75) is 199 Å². The highest BCUT2D eigenvalue weighted by atomic mass is 32.2. The molecule has 0 fully saturated rings. The number of amides is 1. The number of hydrogen-bond acceptors (Lipinski definition) is 5. The Kier molecular flexibility index (Phi) is 29.1. The van der Waals surface area contributed by atoms with Gasteiger partial charge in [-0.05, 0) is 38.5 Å². The van der Waals surface area contributed by atoms with E-state index in [4.69, 9.17) is 0 Å². The van der Waals surface area contributed by atoms with Crippen molar-refractivity contribution in [2.24, 2.45) is 0 Å². The fourth-order valence-corrected chi connectivity index (χ4v) is 6.27. The van der Waals surface area contributed by atoms with Crippen LogP contribution in [0.4, 0.5) is 0 Å². The second-order valence-corrected chi connectivity index (χ2v) is 14.1. The van der Waals surface area contributed by atoms with Crippen molar-refractivity contribution in [3.8, 4) is 0 Å². The van der Waals surface area contributed by atoms with Gasteiger partial charge in [-0.1, -0.05) is 154 Å². The molecule has 0 spiro atoms. The topological polar surface area (TPSA) is 124 Å². The highest BCUT2D eigenvalue weighted by Gasteiger charge is 2.28. The van der Waals surface area contributed by atoms with Gasteiger partial charge in [0.15, 0.2) is 0 Å². The SMILES string of the molecule is CCCCCC/C=C\CCCCCCCCC(O)C(=O)NC(CS(=O)(=O)O)C(O)CCCCCCCCCCCCCC. The van der Waals surface area contributed by atoms with Crippen LogP contribution in [-0.4, -0.2) is 53.1 Å². The second kappa shape index (κ2) is 29.7. The number of aliphatic hydroxyl groups excluding tert-OH is 2. The molecule has 256 valence electrons. The van der Waals surface area contributed by atoms with E-state index in [1.807, 2.05) is 0 Å². The van der Waals surface area contributed by atoms with Gasteiger partial charge in [0.2, 0.25) is 5.91 Å². The molecule has 0 heterocycles. The number of rotatable bonds is 32. The van der Waals surface area contributed by atoms with Gasteiger partial charge in [0, 0.05) is 0 Å². The molecular weight excluding hydrogens is 562 g/mol. The lowest BCUT2D eigenvalue weighted by Crippen LogP contribution is -2.50. The summed E-state index contributed by atoms with van der Waals surface area (Å²) in [7, 11) is -4.40. The van der Waals surface area contributed by atoms with Crippen LogP contribution in [0.5, 0.6) is 0 Å². The third-order valence-corrected chi connectivity index (χ3v) is 9.11. The van der Waals surface area contributed by atoms with E-state index >= 15 is 0 Å². The molecule has 0 aromatic carbocycles. The van der Waals surface area contributed by atoms with E-state index in [-0.39, 0.29) is 0 Å². The Labute approximate surface area is 265 Å². The van der Waals surface area contributed by atoms with E-state index in [0.717, 1.165) is 44.9 Å². The molecule has 0 bridgehead atoms. The van der Waals surface area contributed by atoms with Gasteiger partial charge in [-0.3, -0.25) is 9.35 Å². The summed E-state index contributed by atoms with van der Waals surface area (Å²) in [5, 5.41) is 23.4. The summed E-state index contributed by atoms with van der Waals surface area (Å²) in [5.74, 6) is -1.46. The zero-order valence-corrected chi connectivity index (χ0v) is 28.8. The van der Waals surface area contributed by atoms with E-state index in [9.17, 15) is 28.0 Å². The third kappa shape index (κ3) is 29.5. The van der Waals surface area contributed by atoms with Gasteiger partial charge in [0.05, 0.1) is 17.9 Å². The summed E-state index contributed by atoms with van der Waals surface area (Å²) in [6.45, 7) is 4.46. The number of allylic oxidation sites excluding steroid dienone is 2. The van der Waals surface area contributed by atoms with Crippen LogP contribution < -0.4 is 5.32 Å². The van der Waals surface area contributed by atoms with Crippen molar-refractivity contribution in [3.05, 3.63) is 12.2 Å². The Hall–Kier alpha value is -0.960. The van der Waals surface area contributed by atoms with E-state index in [0.29, 0.717) is 25.7 Å². The largest absolute Gasteiger partial charge is 0.391 e. The minimum absolute atomic E-state index is 0.292. The van der Waals surface area contributed by atoms with Gasteiger partial charge >= 0.3 is 0 Å². The van der Waals surface area contributed by atoms with Crippen LogP contribution in [0, 0.1) is 0 Å². The van der Waals surface area contributed by atoms with Crippen LogP contribution in [0.1, 0.15) is 181 Å². The number of aliphatic hydroxyl groups is 2. The zero-order chi connectivity index (χ0) is 32.0. The van der Waals surface area contributed by atoms with Gasteiger partial charge in [0.1, 0.15) is 6.10 Å². The lowest BCUT2D eigenvalue weighted by molar-refractivity contribution is -0.131. The highest BCUT2D eigenvalue weighted by molar-refractivity contribution is 7.85. The smallest absolute Gasteiger partial charge is 0.266 e. The first-order valence-corrected chi connectivity index (χ1v) is 19.6. The molecule has 0 radical (unpaired) electrons. The Morgan fingerprint density at radius 3 is 1.42 bits per heavy atom. The number of nitrogens with one attached hydrogen (secondary N) is 1. The van der Waals surface area contributed by atoms with Gasteiger partial charge < -0.3 is 15.5 Å². The molecule has 0 aliphatic rings. The van der Waals surface area contributed by atoms with Crippen molar-refractivity contribution in [1.82, 2.24) is 5.32 Å². The van der Waals surface area contributed by atoms with Crippen molar-refractivity contribution in [3.63, 3.8) is 0 Å². The fourth-order valence-electron chi connectivity index (χ4n) is 5.51. The first-order valence-electron chi connectivity index (χ1n) is 18.0. The van der Waals surface area contributed by atoms with Crippen LogP contribution >= 0.6 is 0 Å². The number of hydrogen-bond donors (Lipinski definition) is 4. The van der Waals surface area contributed by atoms with Gasteiger partial charge in [0.25, 0.3) is 10.1 Å². The normalized spacial score (nSPS) is 14.3. The molecule has 43 heavy (non-hydrogen) atoms. The second-order valence-electron chi connectivity index (χ2n) is 12.6. The summed E-state index contributed by atoms with van der Waals surface area (Å²) in [6.07, 6.45) is 30.8. The van der Waals surface area contributed by atoms with E-state index < -0.39 is 40.0 Å². The van der Waals surface area contributed by atoms with Crippen molar-refractivity contribution in [2.75, 3.05) is 5.75 Å². The summed E-state index contributed by atoms with van der Waals surface area (Å²) in [6, 6.07) is -1.14. The maximum absolute atomic E-state index is 12.5. The molecule has 4 N–H and O–H groups in total. The molecule has 8 heteroatoms. The van der Waals surface area contributed by atoms with Crippen LogP contribution in [0.3, 0.4) is 0 Å². The Morgan fingerprint density at radius 2 is 0.977 bits per heavy atom. The molecule has 0 saturated carbocycles. The quantitative estimate of drug-likeness (QED) is 0.0334. The first-order chi connectivity index (χ1) is 20.7. The molecule has 0 aliphatic heterocycles. The molecule has 0 aliphatic carbocycles. The molecule has 3 unspecified atom stereocenters. The molecular formula is C35H69NO6S. The van der Waals surface area contributed by atoms with Crippen LogP contribution in [-0.2, 0) is 14.9 Å². The Morgan fingerprint density at radius 1 is 0.605 bits per heavy atom. The fraction of sp³-hybridized carbons (Fsp3) is 0.914. The standard InChI is InChI=1S/C35H69NO6S/c1-3-5-7-9-11-13-15-17-18-20-22-24-26-28-30-34(38)35(39)36-32(31-43(40,41)42)33(37)29-27-25-23-21-19-16-14-12-10-8-6-4-2/h13,15,32-34,37-38H,3-12,14,16-31H2,1-2H3,(H,36,39)(H,40,41,42)/b15-13-. The third-order valence-electron chi connectivity index (χ3n) is 8.33. The Balaban J connectivity index is 4.08. The molecule has 3 atom stereocenters. The minimum atomic E-state index is -4.40. The van der Waals surface area contributed by atoms with Crippen molar-refractivity contribution >= 4 is 16.0 Å². The van der Waals surface area contributed by atoms with Crippen molar-refractivity contribution < 1.29 is 28.0 Å². The average Bonchev–Trinajstić information content (AvgIpc) is 2.96. The molecule has 0 rings (SSSR count). The molecule has 0 aromatic rings. The minimum Gasteiger partial charge on any atom is -0.391 e. The van der Waals surface area contributed by atoms with E-state index in [1.165, 1.54) is 96.3 Å². The van der Waals surface area contributed by atoms with Gasteiger partial charge in [-0.25, -0.2) is 0 Å². The molecule has 1 amide bonds. The van der Waals surface area contributed by atoms with Gasteiger partial charge in [-0.15, -0.1) is 0 Å². The predicted molar refractivity (Wildman–Crippen MR) is 181 cm³/mol. The summed E-state index contributed by atoms with van der Waals surface area (Å²) in [4.78, 5) is 12.5. The lowest BCUT2D eigenvalue weighted by atomic mass is 10.0. The maximum Gasteiger partial charge on any atom is 0.266 e. The van der Waals surface area contributed by atoms with E-state index in [2.05, 4.69) is 31.3 Å². The van der Waals surface area contributed by atoms with Crippen LogP contribution in [0.2, 0.25) is 0 Å². The lowest BCUT2D eigenvalue weighted by Gasteiger charge is -2.24. The van der Waals surface area contributed by atoms with Gasteiger partial charge in [-0.2, -0.15) is 8.42 Å². The zero-order valence-electron chi connectivity index (χ0n) is 28.0. The molecule has 0 aromatic heterocycles. The summed E-state index contributed by atoms with van der Waals surface area (Å²) in [5.41, 5.74) is 0. The number of carbonyl (C=O) groups is 1. The predicted octanol–water partition coefficient (Wildman–Crippen LogP) is 8.82. The molecule has 0 saturated heterocycles. The van der Waals surface area contributed by atoms with Crippen LogP contribution in [0.15, 0.2) is 12.2 Å². The number of unbranched alkanes of at least 4 members (excludes halogenated alkanes) is 21. The molecule has 7 nitrogen and oxygen atoms in total. The van der Waals surface area contributed by atoms with Crippen molar-refractivity contribution in [1.29, 1.82) is 0 Å². The summed E-state index contributed by atoms with van der Waals surface area (Å²) >= 11 is 0. The van der Waals surface area contributed by atoms with E-state index in [1.54, 1.807) is 0 Å².